The van der Waals surface area contributed by atoms with Gasteiger partial charge in [-0.2, -0.15) is 9.97 Å². The third kappa shape index (κ3) is 3.51. The molecule has 3 heterocycles. The first-order valence-corrected chi connectivity index (χ1v) is 8.04. The summed E-state index contributed by atoms with van der Waals surface area (Å²) in [5, 5.41) is 15.7. The van der Waals surface area contributed by atoms with Crippen molar-refractivity contribution in [1.29, 1.82) is 0 Å². The van der Waals surface area contributed by atoms with Crippen LogP contribution in [0.3, 0.4) is 0 Å². The van der Waals surface area contributed by atoms with Crippen LogP contribution in [0, 0.1) is 0 Å². The van der Waals surface area contributed by atoms with Crippen molar-refractivity contribution in [3.63, 3.8) is 0 Å². The molecule has 0 unspecified atom stereocenters. The maximum atomic E-state index is 9.35. The Kier molecular flexibility index (Phi) is 4.25. The Morgan fingerprint density at radius 2 is 1.92 bits per heavy atom. The second-order valence-electron chi connectivity index (χ2n) is 5.56. The highest BCUT2D eigenvalue weighted by atomic mass is 16.3. The third-order valence-electron chi connectivity index (χ3n) is 3.75. The minimum atomic E-state index is 0.261. The minimum Gasteiger partial charge on any atom is -0.508 e. The van der Waals surface area contributed by atoms with Crippen LogP contribution in [0.2, 0.25) is 0 Å². The maximum Gasteiger partial charge on any atom is 0.232 e. The predicted octanol–water partition coefficient (Wildman–Crippen LogP) is 2.25. The van der Waals surface area contributed by atoms with Gasteiger partial charge < -0.3 is 20.7 Å². The number of benzene rings is 1. The average molecular weight is 348 g/mol. The number of aromatic amines is 1. The molecule has 9 heteroatoms. The Morgan fingerprint density at radius 1 is 1.04 bits per heavy atom. The molecule has 9 nitrogen and oxygen atoms in total. The van der Waals surface area contributed by atoms with Crippen LogP contribution in [0.4, 0.5) is 17.6 Å². The molecule has 0 fully saturated rings. The van der Waals surface area contributed by atoms with Crippen molar-refractivity contribution in [2.24, 2.45) is 0 Å². The number of nitrogens with one attached hydrogen (secondary N) is 3. The lowest BCUT2D eigenvalue weighted by molar-refractivity contribution is 0.475. The molecule has 0 aliphatic heterocycles. The molecule has 4 N–H and O–H groups in total. The van der Waals surface area contributed by atoms with Gasteiger partial charge in [0.25, 0.3) is 0 Å². The molecule has 0 saturated carbocycles. The Hall–Kier alpha value is -3.75. The number of nitrogens with zero attached hydrogens (tertiary/aromatic N) is 5. The SMILES string of the molecule is Oc1ccc(CCNc2nc(Nc3ccncn3)nc3nc[nH]c23)cc1. The van der Waals surface area contributed by atoms with Gasteiger partial charge in [-0.3, -0.25) is 0 Å². The Morgan fingerprint density at radius 3 is 2.73 bits per heavy atom. The van der Waals surface area contributed by atoms with E-state index in [1.165, 1.54) is 6.33 Å². The smallest absolute Gasteiger partial charge is 0.232 e. The largest absolute Gasteiger partial charge is 0.508 e. The van der Waals surface area contributed by atoms with E-state index in [9.17, 15) is 5.11 Å². The first-order valence-electron chi connectivity index (χ1n) is 8.04. The fourth-order valence-electron chi connectivity index (χ4n) is 2.48. The highest BCUT2D eigenvalue weighted by Crippen LogP contribution is 2.20. The Labute approximate surface area is 148 Å². The number of aromatic hydroxyl groups is 1. The Bertz CT molecular complexity index is 1000. The van der Waals surface area contributed by atoms with Crippen LogP contribution in [-0.2, 0) is 6.42 Å². The van der Waals surface area contributed by atoms with Crippen molar-refractivity contribution in [3.8, 4) is 5.75 Å². The summed E-state index contributed by atoms with van der Waals surface area (Å²) in [6.45, 7) is 0.669. The third-order valence-corrected chi connectivity index (χ3v) is 3.75. The van der Waals surface area contributed by atoms with Crippen molar-refractivity contribution in [2.75, 3.05) is 17.2 Å². The monoisotopic (exact) mass is 348 g/mol. The summed E-state index contributed by atoms with van der Waals surface area (Å²) in [5.41, 5.74) is 2.41. The van der Waals surface area contributed by atoms with Crippen molar-refractivity contribution >= 4 is 28.7 Å². The molecule has 0 radical (unpaired) electrons. The number of H-pyrrole nitrogens is 1. The van der Waals surface area contributed by atoms with Crippen molar-refractivity contribution in [1.82, 2.24) is 29.9 Å². The summed E-state index contributed by atoms with van der Waals surface area (Å²) < 4.78 is 0. The van der Waals surface area contributed by atoms with Crippen LogP contribution in [0.1, 0.15) is 5.56 Å². The highest BCUT2D eigenvalue weighted by Gasteiger charge is 2.10. The topological polar surface area (TPSA) is 125 Å². The van der Waals surface area contributed by atoms with E-state index in [-0.39, 0.29) is 5.75 Å². The number of anilines is 3. The number of aromatic nitrogens is 6. The zero-order valence-corrected chi connectivity index (χ0v) is 13.7. The molecule has 0 amide bonds. The fraction of sp³-hybridized carbons (Fsp3) is 0.118. The Balaban J connectivity index is 1.51. The molecular formula is C17H16N8O. The van der Waals surface area contributed by atoms with E-state index in [0.29, 0.717) is 29.8 Å². The lowest BCUT2D eigenvalue weighted by atomic mass is 10.1. The summed E-state index contributed by atoms with van der Waals surface area (Å²) in [7, 11) is 0. The van der Waals surface area contributed by atoms with Gasteiger partial charge in [0.2, 0.25) is 5.95 Å². The van der Waals surface area contributed by atoms with Gasteiger partial charge in [0, 0.05) is 12.7 Å². The van der Waals surface area contributed by atoms with E-state index in [1.807, 2.05) is 12.1 Å². The molecule has 0 spiro atoms. The van der Waals surface area contributed by atoms with Crippen molar-refractivity contribution in [3.05, 3.63) is 54.7 Å². The molecule has 0 bridgehead atoms. The molecule has 0 atom stereocenters. The van der Waals surface area contributed by atoms with Gasteiger partial charge in [0.05, 0.1) is 6.33 Å². The number of fused-ring (bicyclic) bond motifs is 1. The van der Waals surface area contributed by atoms with Crippen LogP contribution >= 0.6 is 0 Å². The van der Waals surface area contributed by atoms with E-state index < -0.39 is 0 Å². The van der Waals surface area contributed by atoms with Gasteiger partial charge in [-0.25, -0.2) is 15.0 Å². The lowest BCUT2D eigenvalue weighted by Gasteiger charge is -2.09. The standard InChI is InChI=1S/C17H16N8O/c26-12-3-1-11(2-4-12)5-8-19-15-14-16(22-10-21-14)25-17(24-15)23-13-6-7-18-9-20-13/h1-4,6-7,9-10,26H,5,8H2,(H3,18,19,20,21,22,23,24,25). The normalized spacial score (nSPS) is 10.8. The van der Waals surface area contributed by atoms with E-state index >= 15 is 0 Å². The van der Waals surface area contributed by atoms with Crippen LogP contribution in [0.25, 0.3) is 11.2 Å². The average Bonchev–Trinajstić information content (AvgIpc) is 3.13. The summed E-state index contributed by atoms with van der Waals surface area (Å²) in [6, 6.07) is 8.87. The number of hydrogen-bond donors (Lipinski definition) is 4. The van der Waals surface area contributed by atoms with Gasteiger partial charge in [-0.1, -0.05) is 12.1 Å². The van der Waals surface area contributed by atoms with E-state index in [2.05, 4.69) is 40.5 Å². The molecule has 0 saturated heterocycles. The minimum absolute atomic E-state index is 0.261. The maximum absolute atomic E-state index is 9.35. The number of hydrogen-bond acceptors (Lipinski definition) is 8. The quantitative estimate of drug-likeness (QED) is 0.418. The molecule has 0 aliphatic rings. The van der Waals surface area contributed by atoms with Gasteiger partial charge in [-0.05, 0) is 30.2 Å². The summed E-state index contributed by atoms with van der Waals surface area (Å²) >= 11 is 0. The van der Waals surface area contributed by atoms with Crippen LogP contribution in [0.5, 0.6) is 5.75 Å². The van der Waals surface area contributed by atoms with Gasteiger partial charge >= 0.3 is 0 Å². The molecule has 3 aromatic heterocycles. The molecule has 0 aliphatic carbocycles. The van der Waals surface area contributed by atoms with Crippen molar-refractivity contribution < 1.29 is 5.11 Å². The van der Waals surface area contributed by atoms with Gasteiger partial charge in [0.15, 0.2) is 11.5 Å². The van der Waals surface area contributed by atoms with Crippen LogP contribution in [0.15, 0.2) is 49.2 Å². The summed E-state index contributed by atoms with van der Waals surface area (Å²) in [6.07, 6.45) is 5.46. The fourth-order valence-corrected chi connectivity index (χ4v) is 2.48. The summed E-state index contributed by atoms with van der Waals surface area (Å²) in [5.74, 6) is 1.92. The first kappa shape index (κ1) is 15.8. The summed E-state index contributed by atoms with van der Waals surface area (Å²) in [4.78, 5) is 24.1. The molecule has 26 heavy (non-hydrogen) atoms. The van der Waals surface area contributed by atoms with Crippen LogP contribution < -0.4 is 10.6 Å². The van der Waals surface area contributed by atoms with E-state index in [4.69, 9.17) is 0 Å². The second-order valence-corrected chi connectivity index (χ2v) is 5.56. The number of phenols is 1. The van der Waals surface area contributed by atoms with E-state index in [1.54, 1.807) is 30.7 Å². The molecule has 1 aromatic carbocycles. The first-order chi connectivity index (χ1) is 12.8. The zero-order valence-electron chi connectivity index (χ0n) is 13.7. The molecule has 4 rings (SSSR count). The zero-order chi connectivity index (χ0) is 17.8. The lowest BCUT2D eigenvalue weighted by Crippen LogP contribution is -2.09. The van der Waals surface area contributed by atoms with Crippen LogP contribution in [-0.4, -0.2) is 41.6 Å². The molecule has 130 valence electrons. The molecule has 4 aromatic rings. The van der Waals surface area contributed by atoms with Gasteiger partial charge in [-0.15, -0.1) is 0 Å². The van der Waals surface area contributed by atoms with Crippen molar-refractivity contribution in [2.45, 2.75) is 6.42 Å². The predicted molar refractivity (Wildman–Crippen MR) is 97.3 cm³/mol. The van der Waals surface area contributed by atoms with E-state index in [0.717, 1.165) is 17.5 Å². The highest BCUT2D eigenvalue weighted by molar-refractivity contribution is 5.84. The number of rotatable bonds is 6. The number of imidazole rings is 1. The molecular weight excluding hydrogens is 332 g/mol. The second kappa shape index (κ2) is 7.01. The van der Waals surface area contributed by atoms with Gasteiger partial charge in [0.1, 0.15) is 23.4 Å². The number of phenolic OH excluding ortho intramolecular Hbond substituents is 1.